The molecule has 2 amide bonds. The van der Waals surface area contributed by atoms with Gasteiger partial charge in [0.05, 0.1) is 0 Å². The van der Waals surface area contributed by atoms with Gasteiger partial charge in [-0.05, 0) is 39.5 Å². The van der Waals surface area contributed by atoms with Gasteiger partial charge in [-0.25, -0.2) is 0 Å². The van der Waals surface area contributed by atoms with Crippen LogP contribution in [0.2, 0.25) is 0 Å². The summed E-state index contributed by atoms with van der Waals surface area (Å²) in [5, 5.41) is 5.61. The van der Waals surface area contributed by atoms with Crippen molar-refractivity contribution in [1.82, 2.24) is 15.2 Å². The Kier molecular flexibility index (Phi) is 8.70. The molecule has 1 heterocycles. The number of carbonyl (C=O) groups excluding carboxylic acids is 2. The highest BCUT2D eigenvalue weighted by atomic mass is 16.5. The Balaban J connectivity index is 2.25. The van der Waals surface area contributed by atoms with Crippen LogP contribution in [0.4, 0.5) is 0 Å². The van der Waals surface area contributed by atoms with Crippen molar-refractivity contribution in [1.29, 1.82) is 0 Å². The first kappa shape index (κ1) is 22.1. The third-order valence-corrected chi connectivity index (χ3v) is 5.23. The normalized spacial score (nSPS) is 15.4. The molecule has 7 nitrogen and oxygen atoms in total. The molecular weight excluding hydrogens is 358 g/mol. The van der Waals surface area contributed by atoms with Gasteiger partial charge < -0.3 is 19.9 Å². The van der Waals surface area contributed by atoms with Gasteiger partial charge in [-0.15, -0.1) is 0 Å². The van der Waals surface area contributed by atoms with E-state index in [1.54, 1.807) is 12.4 Å². The first-order valence-electron chi connectivity index (χ1n) is 10.4. The van der Waals surface area contributed by atoms with Crippen LogP contribution >= 0.6 is 0 Å². The molecule has 1 fully saturated rings. The average molecular weight is 392 g/mol. The molecule has 0 spiro atoms. The Hall–Kier alpha value is -2.15. The number of hydrogen-bond acceptors (Lipinski definition) is 4. The highest BCUT2D eigenvalue weighted by Crippen LogP contribution is 2.29. The van der Waals surface area contributed by atoms with E-state index in [2.05, 4.69) is 10.6 Å². The lowest BCUT2D eigenvalue weighted by atomic mass is 10.1. The monoisotopic (exact) mass is 391 g/mol. The molecular formula is C21H33N3O4. The Morgan fingerprint density at radius 3 is 2.43 bits per heavy atom. The van der Waals surface area contributed by atoms with Gasteiger partial charge in [0.1, 0.15) is 11.1 Å². The molecule has 0 bridgehead atoms. The maximum atomic E-state index is 12.9. The Morgan fingerprint density at radius 2 is 1.82 bits per heavy atom. The summed E-state index contributed by atoms with van der Waals surface area (Å²) < 4.78 is 7.14. The molecule has 28 heavy (non-hydrogen) atoms. The molecule has 0 aromatic carbocycles. The van der Waals surface area contributed by atoms with Gasteiger partial charge in [0, 0.05) is 44.2 Å². The number of hydrogen-bond donors (Lipinski definition) is 2. The summed E-state index contributed by atoms with van der Waals surface area (Å²) in [4.78, 5) is 38.1. The minimum Gasteiger partial charge on any atom is -0.382 e. The summed E-state index contributed by atoms with van der Waals surface area (Å²) >= 11 is 0. The number of amides is 2. The van der Waals surface area contributed by atoms with Gasteiger partial charge >= 0.3 is 0 Å². The maximum absolute atomic E-state index is 12.9. The second kappa shape index (κ2) is 11.0. The standard InChI is InChI=1S/C21H33N3O4/c1-4-15(3)23-21(27)18-14-24(16-9-6-7-10-16)13-17(19(18)25)20(26)22-11-8-12-28-5-2/h13-16H,4-12H2,1-3H3,(H,22,26)(H,23,27). The summed E-state index contributed by atoms with van der Waals surface area (Å²) in [6, 6.07) is 0.183. The third kappa shape index (κ3) is 5.92. The average Bonchev–Trinajstić information content (AvgIpc) is 3.22. The smallest absolute Gasteiger partial charge is 0.256 e. The van der Waals surface area contributed by atoms with Crippen molar-refractivity contribution in [2.45, 2.75) is 71.4 Å². The third-order valence-electron chi connectivity index (χ3n) is 5.23. The van der Waals surface area contributed by atoms with E-state index >= 15 is 0 Å². The van der Waals surface area contributed by atoms with E-state index in [1.165, 1.54) is 0 Å². The van der Waals surface area contributed by atoms with Crippen molar-refractivity contribution in [3.8, 4) is 0 Å². The van der Waals surface area contributed by atoms with Crippen LogP contribution in [0.25, 0.3) is 0 Å². The van der Waals surface area contributed by atoms with Gasteiger partial charge in [-0.1, -0.05) is 19.8 Å². The fraction of sp³-hybridized carbons (Fsp3) is 0.667. The molecule has 0 radical (unpaired) electrons. The largest absolute Gasteiger partial charge is 0.382 e. The molecule has 0 aliphatic heterocycles. The number of rotatable bonds is 10. The predicted octanol–water partition coefficient (Wildman–Crippen LogP) is 2.65. The van der Waals surface area contributed by atoms with E-state index in [-0.39, 0.29) is 23.2 Å². The zero-order chi connectivity index (χ0) is 20.5. The SMILES string of the molecule is CCOCCCNC(=O)c1cn(C2CCCC2)cc(C(=O)NC(C)CC)c1=O. The first-order chi connectivity index (χ1) is 13.5. The zero-order valence-corrected chi connectivity index (χ0v) is 17.3. The molecule has 1 aliphatic rings. The van der Waals surface area contributed by atoms with Crippen molar-refractivity contribution >= 4 is 11.8 Å². The van der Waals surface area contributed by atoms with Crippen molar-refractivity contribution < 1.29 is 14.3 Å². The lowest BCUT2D eigenvalue weighted by molar-refractivity contribution is 0.0937. The highest BCUT2D eigenvalue weighted by Gasteiger charge is 2.23. The summed E-state index contributed by atoms with van der Waals surface area (Å²) in [5.41, 5.74) is -0.452. The van der Waals surface area contributed by atoms with Crippen LogP contribution < -0.4 is 16.1 Å². The van der Waals surface area contributed by atoms with E-state index in [4.69, 9.17) is 4.74 Å². The number of pyridine rings is 1. The molecule has 1 atom stereocenters. The van der Waals surface area contributed by atoms with Crippen molar-refractivity contribution in [2.75, 3.05) is 19.8 Å². The molecule has 2 rings (SSSR count). The van der Waals surface area contributed by atoms with Crippen molar-refractivity contribution in [3.05, 3.63) is 33.7 Å². The molecule has 1 unspecified atom stereocenters. The summed E-state index contributed by atoms with van der Waals surface area (Å²) in [5.74, 6) is -0.858. The summed E-state index contributed by atoms with van der Waals surface area (Å²) in [6.45, 7) is 7.38. The van der Waals surface area contributed by atoms with Crippen LogP contribution in [0.3, 0.4) is 0 Å². The predicted molar refractivity (Wildman–Crippen MR) is 109 cm³/mol. The minimum absolute atomic E-state index is 0.0279. The lowest BCUT2D eigenvalue weighted by Gasteiger charge is -2.18. The quantitative estimate of drug-likeness (QED) is 0.600. The second-order valence-corrected chi connectivity index (χ2v) is 7.39. The molecule has 1 saturated carbocycles. The van der Waals surface area contributed by atoms with Gasteiger partial charge in [0.25, 0.3) is 11.8 Å². The fourth-order valence-electron chi connectivity index (χ4n) is 3.35. The molecule has 7 heteroatoms. The van der Waals surface area contributed by atoms with Gasteiger partial charge in [0.2, 0.25) is 5.43 Å². The highest BCUT2D eigenvalue weighted by molar-refractivity contribution is 5.99. The number of nitrogens with one attached hydrogen (secondary N) is 2. The first-order valence-corrected chi connectivity index (χ1v) is 10.4. The molecule has 1 aromatic heterocycles. The lowest BCUT2D eigenvalue weighted by Crippen LogP contribution is -2.38. The maximum Gasteiger partial charge on any atom is 0.256 e. The van der Waals surface area contributed by atoms with Gasteiger partial charge in [-0.3, -0.25) is 14.4 Å². The van der Waals surface area contributed by atoms with E-state index in [1.807, 2.05) is 25.3 Å². The van der Waals surface area contributed by atoms with Crippen LogP contribution in [-0.4, -0.2) is 42.2 Å². The van der Waals surface area contributed by atoms with Crippen LogP contribution in [0.5, 0.6) is 0 Å². The number of ether oxygens (including phenoxy) is 1. The summed E-state index contributed by atoms with van der Waals surface area (Å²) in [7, 11) is 0. The minimum atomic E-state index is -0.516. The Morgan fingerprint density at radius 1 is 1.18 bits per heavy atom. The van der Waals surface area contributed by atoms with Crippen LogP contribution in [-0.2, 0) is 4.74 Å². The fourth-order valence-corrected chi connectivity index (χ4v) is 3.35. The topological polar surface area (TPSA) is 89.4 Å². The number of aromatic nitrogens is 1. The van der Waals surface area contributed by atoms with Crippen molar-refractivity contribution in [2.24, 2.45) is 0 Å². The van der Waals surface area contributed by atoms with Crippen LogP contribution in [0, 0.1) is 0 Å². The molecule has 0 saturated heterocycles. The molecule has 1 aliphatic carbocycles. The summed E-state index contributed by atoms with van der Waals surface area (Å²) in [6.07, 6.45) is 8.87. The van der Waals surface area contributed by atoms with Crippen LogP contribution in [0.15, 0.2) is 17.2 Å². The van der Waals surface area contributed by atoms with E-state index in [9.17, 15) is 14.4 Å². The van der Waals surface area contributed by atoms with E-state index in [0.717, 1.165) is 32.1 Å². The van der Waals surface area contributed by atoms with Crippen LogP contribution in [0.1, 0.15) is 86.1 Å². The molecule has 2 N–H and O–H groups in total. The van der Waals surface area contributed by atoms with Gasteiger partial charge in [0.15, 0.2) is 0 Å². The Labute approximate surface area is 166 Å². The Bertz CT molecular complexity index is 723. The molecule has 156 valence electrons. The molecule has 1 aromatic rings. The number of carbonyl (C=O) groups is 2. The number of nitrogens with zero attached hydrogens (tertiary/aromatic N) is 1. The van der Waals surface area contributed by atoms with E-state index < -0.39 is 17.2 Å². The van der Waals surface area contributed by atoms with Crippen molar-refractivity contribution in [3.63, 3.8) is 0 Å². The van der Waals surface area contributed by atoms with E-state index in [0.29, 0.717) is 26.2 Å². The zero-order valence-electron chi connectivity index (χ0n) is 17.3. The second-order valence-electron chi connectivity index (χ2n) is 7.39. The van der Waals surface area contributed by atoms with Gasteiger partial charge in [-0.2, -0.15) is 0 Å².